The number of fused-ring (bicyclic) bond motifs is 1. The molecule has 0 atom stereocenters. The highest BCUT2D eigenvalue weighted by Crippen LogP contribution is 2.33. The zero-order valence-corrected chi connectivity index (χ0v) is 15.0. The Bertz CT molecular complexity index is 1140. The zero-order chi connectivity index (χ0) is 19.7. The molecule has 2 heterocycles. The molecule has 0 spiro atoms. The molecule has 0 saturated heterocycles. The number of amides is 1. The summed E-state index contributed by atoms with van der Waals surface area (Å²) in [6.45, 7) is 0. The van der Waals surface area contributed by atoms with Crippen LogP contribution in [0.2, 0.25) is 0 Å². The Kier molecular flexibility index (Phi) is 4.56. The summed E-state index contributed by atoms with van der Waals surface area (Å²) in [6.07, 6.45) is -2.81. The molecule has 28 heavy (non-hydrogen) atoms. The summed E-state index contributed by atoms with van der Waals surface area (Å²) in [5, 5.41) is 5.65. The number of para-hydroxylation sites is 1. The van der Waals surface area contributed by atoms with Crippen molar-refractivity contribution in [2.45, 2.75) is 6.18 Å². The number of hydrogen-bond acceptors (Lipinski definition) is 4. The largest absolute Gasteiger partial charge is 0.416 e. The van der Waals surface area contributed by atoms with E-state index in [-0.39, 0.29) is 5.69 Å². The Labute approximate surface area is 161 Å². The van der Waals surface area contributed by atoms with Crippen molar-refractivity contribution in [3.8, 4) is 11.1 Å². The number of rotatable bonds is 3. The van der Waals surface area contributed by atoms with Crippen LogP contribution in [0.3, 0.4) is 0 Å². The lowest BCUT2D eigenvalue weighted by Gasteiger charge is -2.10. The van der Waals surface area contributed by atoms with Crippen molar-refractivity contribution in [3.63, 3.8) is 0 Å². The fourth-order valence-corrected chi connectivity index (χ4v) is 3.32. The lowest BCUT2D eigenvalue weighted by Crippen LogP contribution is -2.13. The van der Waals surface area contributed by atoms with Crippen molar-refractivity contribution in [1.29, 1.82) is 0 Å². The first-order valence-electron chi connectivity index (χ1n) is 8.20. The minimum Gasteiger partial charge on any atom is -0.296 e. The molecular weight excluding hydrogens is 387 g/mol. The van der Waals surface area contributed by atoms with Crippen LogP contribution in [-0.4, -0.2) is 15.9 Å². The number of aromatic nitrogens is 2. The van der Waals surface area contributed by atoms with E-state index in [1.54, 1.807) is 35.8 Å². The predicted octanol–water partition coefficient (Wildman–Crippen LogP) is 5.63. The van der Waals surface area contributed by atoms with Gasteiger partial charge < -0.3 is 0 Å². The Balaban J connectivity index is 1.73. The summed E-state index contributed by atoms with van der Waals surface area (Å²) in [5.74, 6) is -0.404. The monoisotopic (exact) mass is 399 g/mol. The van der Waals surface area contributed by atoms with Crippen LogP contribution in [0.5, 0.6) is 0 Å². The molecule has 0 saturated carbocycles. The minimum absolute atomic E-state index is 0.196. The third-order valence-electron chi connectivity index (χ3n) is 4.13. The lowest BCUT2D eigenvalue weighted by atomic mass is 10.0. The number of hydrogen-bond donors (Lipinski definition) is 1. The molecule has 0 aliphatic carbocycles. The molecule has 0 aliphatic rings. The summed E-state index contributed by atoms with van der Waals surface area (Å²) >= 11 is 1.29. The average Bonchev–Trinajstić information content (AvgIpc) is 3.19. The summed E-state index contributed by atoms with van der Waals surface area (Å²) in [6, 6.07) is 13.6. The quantitative estimate of drug-likeness (QED) is 0.486. The Morgan fingerprint density at radius 2 is 1.79 bits per heavy atom. The van der Waals surface area contributed by atoms with Gasteiger partial charge in [-0.3, -0.25) is 10.1 Å². The molecule has 0 aliphatic heterocycles. The maximum absolute atomic E-state index is 12.8. The second kappa shape index (κ2) is 7.05. The molecule has 2 aromatic heterocycles. The smallest absolute Gasteiger partial charge is 0.296 e. The van der Waals surface area contributed by atoms with Crippen LogP contribution >= 0.6 is 11.3 Å². The average molecular weight is 399 g/mol. The highest BCUT2D eigenvalue weighted by atomic mass is 32.1. The number of thiazole rings is 1. The molecule has 4 rings (SSSR count). The first-order chi connectivity index (χ1) is 13.4. The van der Waals surface area contributed by atoms with Crippen LogP contribution in [0.1, 0.15) is 16.1 Å². The van der Waals surface area contributed by atoms with Gasteiger partial charge in [-0.25, -0.2) is 9.97 Å². The first-order valence-corrected chi connectivity index (χ1v) is 9.08. The van der Waals surface area contributed by atoms with Gasteiger partial charge in [0.1, 0.15) is 5.69 Å². The van der Waals surface area contributed by atoms with Gasteiger partial charge in [0.25, 0.3) is 5.91 Å². The Hall–Kier alpha value is -3.26. The van der Waals surface area contributed by atoms with E-state index in [0.717, 1.165) is 17.5 Å². The fourth-order valence-electron chi connectivity index (χ4n) is 2.79. The molecule has 0 radical (unpaired) electrons. The molecule has 4 aromatic rings. The molecular formula is C20H12F3N3OS. The zero-order valence-electron chi connectivity index (χ0n) is 14.2. The van der Waals surface area contributed by atoms with E-state index in [9.17, 15) is 18.0 Å². The van der Waals surface area contributed by atoms with Crippen LogP contribution in [0.15, 0.2) is 66.2 Å². The van der Waals surface area contributed by atoms with Crippen molar-refractivity contribution < 1.29 is 18.0 Å². The Morgan fingerprint density at radius 3 is 2.46 bits per heavy atom. The van der Waals surface area contributed by atoms with Gasteiger partial charge in [0.15, 0.2) is 5.13 Å². The molecule has 1 N–H and O–H groups in total. The molecule has 1 amide bonds. The number of nitrogens with one attached hydrogen (secondary N) is 1. The Morgan fingerprint density at radius 1 is 1.00 bits per heavy atom. The van der Waals surface area contributed by atoms with Crippen molar-refractivity contribution in [1.82, 2.24) is 9.97 Å². The van der Waals surface area contributed by atoms with E-state index < -0.39 is 17.6 Å². The summed E-state index contributed by atoms with van der Waals surface area (Å²) in [5.41, 5.74) is 1.25. The molecule has 2 aromatic carbocycles. The molecule has 0 bridgehead atoms. The lowest BCUT2D eigenvalue weighted by molar-refractivity contribution is -0.137. The number of halogens is 3. The molecule has 0 unspecified atom stereocenters. The van der Waals surface area contributed by atoms with Gasteiger partial charge in [0, 0.05) is 22.5 Å². The number of pyridine rings is 1. The molecule has 4 nitrogen and oxygen atoms in total. The maximum atomic E-state index is 12.8. The number of benzene rings is 2. The topological polar surface area (TPSA) is 54.9 Å². The van der Waals surface area contributed by atoms with E-state index in [0.29, 0.717) is 21.8 Å². The molecule has 140 valence electrons. The van der Waals surface area contributed by atoms with Crippen molar-refractivity contribution in [3.05, 3.63) is 77.4 Å². The van der Waals surface area contributed by atoms with Crippen molar-refractivity contribution in [2.75, 3.05) is 5.32 Å². The standard InChI is InChI=1S/C20H12F3N3OS/c21-20(22,23)14-7-4-12(5-8-14)15-3-1-2-13-6-9-16(25-17(13)15)18(27)26-19-24-10-11-28-19/h1-11H,(H,24,26,27). The van der Waals surface area contributed by atoms with Crippen LogP contribution in [-0.2, 0) is 6.18 Å². The maximum Gasteiger partial charge on any atom is 0.416 e. The van der Waals surface area contributed by atoms with E-state index in [2.05, 4.69) is 15.3 Å². The van der Waals surface area contributed by atoms with E-state index >= 15 is 0 Å². The number of carbonyl (C=O) groups is 1. The van der Waals surface area contributed by atoms with E-state index in [1.807, 2.05) is 6.07 Å². The van der Waals surface area contributed by atoms with E-state index in [4.69, 9.17) is 0 Å². The second-order valence-corrected chi connectivity index (χ2v) is 6.83. The normalized spacial score (nSPS) is 11.5. The number of carbonyl (C=O) groups excluding carboxylic acids is 1. The summed E-state index contributed by atoms with van der Waals surface area (Å²) in [7, 11) is 0. The second-order valence-electron chi connectivity index (χ2n) is 5.94. The van der Waals surface area contributed by atoms with Crippen molar-refractivity contribution in [2.24, 2.45) is 0 Å². The van der Waals surface area contributed by atoms with Gasteiger partial charge in [-0.2, -0.15) is 13.2 Å². The van der Waals surface area contributed by atoms with Crippen molar-refractivity contribution >= 4 is 33.3 Å². The number of anilines is 1. The van der Waals surface area contributed by atoms with Gasteiger partial charge in [0.2, 0.25) is 0 Å². The van der Waals surface area contributed by atoms with Gasteiger partial charge in [-0.15, -0.1) is 11.3 Å². The summed E-state index contributed by atoms with van der Waals surface area (Å²) in [4.78, 5) is 20.9. The first kappa shape index (κ1) is 18.1. The van der Waals surface area contributed by atoms with Gasteiger partial charge >= 0.3 is 6.18 Å². The van der Waals surface area contributed by atoms with E-state index in [1.165, 1.54) is 23.5 Å². The minimum atomic E-state index is -4.39. The summed E-state index contributed by atoms with van der Waals surface area (Å²) < 4.78 is 38.4. The highest BCUT2D eigenvalue weighted by Gasteiger charge is 2.30. The van der Waals surface area contributed by atoms with Gasteiger partial charge in [-0.1, -0.05) is 36.4 Å². The predicted molar refractivity (Wildman–Crippen MR) is 102 cm³/mol. The highest BCUT2D eigenvalue weighted by molar-refractivity contribution is 7.13. The van der Waals surface area contributed by atoms with Crippen LogP contribution in [0.25, 0.3) is 22.0 Å². The SMILES string of the molecule is O=C(Nc1nccs1)c1ccc2cccc(-c3ccc(C(F)(F)F)cc3)c2n1. The molecule has 0 fully saturated rings. The third-order valence-corrected chi connectivity index (χ3v) is 4.82. The number of nitrogens with zero attached hydrogens (tertiary/aromatic N) is 2. The van der Waals surface area contributed by atoms with Crippen LogP contribution in [0.4, 0.5) is 18.3 Å². The third kappa shape index (κ3) is 3.59. The van der Waals surface area contributed by atoms with Crippen LogP contribution in [0, 0.1) is 0 Å². The van der Waals surface area contributed by atoms with Gasteiger partial charge in [0.05, 0.1) is 11.1 Å². The molecule has 8 heteroatoms. The fraction of sp³-hybridized carbons (Fsp3) is 0.0500. The van der Waals surface area contributed by atoms with Gasteiger partial charge in [-0.05, 0) is 23.8 Å². The number of alkyl halides is 3. The van der Waals surface area contributed by atoms with Crippen LogP contribution < -0.4 is 5.32 Å².